The van der Waals surface area contributed by atoms with Crippen LogP contribution in [0.1, 0.15) is 16.7 Å². The predicted molar refractivity (Wildman–Crippen MR) is 107 cm³/mol. The minimum Gasteiger partial charge on any atom is -0.288 e. The number of alkyl halides is 3. The number of fused-ring (bicyclic) bond motifs is 1. The van der Waals surface area contributed by atoms with E-state index in [2.05, 4.69) is 0 Å². The van der Waals surface area contributed by atoms with Crippen LogP contribution in [0.2, 0.25) is 0 Å². The van der Waals surface area contributed by atoms with E-state index in [1.54, 1.807) is 29.6 Å². The molecule has 4 nitrogen and oxygen atoms in total. The van der Waals surface area contributed by atoms with Gasteiger partial charge in [0.05, 0.1) is 23.3 Å². The molecule has 0 amide bonds. The van der Waals surface area contributed by atoms with E-state index in [0.29, 0.717) is 21.5 Å². The van der Waals surface area contributed by atoms with Gasteiger partial charge in [-0.3, -0.25) is 9.36 Å². The van der Waals surface area contributed by atoms with Gasteiger partial charge >= 0.3 is 11.9 Å². The number of benzene rings is 2. The summed E-state index contributed by atoms with van der Waals surface area (Å²) in [6.45, 7) is 1.77. The Bertz CT molecular complexity index is 1330. The molecule has 4 rings (SSSR count). The Morgan fingerprint density at radius 1 is 1.00 bits per heavy atom. The van der Waals surface area contributed by atoms with Gasteiger partial charge in [-0.15, -0.1) is 11.3 Å². The third kappa shape index (κ3) is 3.51. The van der Waals surface area contributed by atoms with E-state index >= 15 is 0 Å². The molecular formula is C21H15F3N2O2S. The van der Waals surface area contributed by atoms with E-state index in [-0.39, 0.29) is 6.54 Å². The van der Waals surface area contributed by atoms with Crippen LogP contribution in [0.15, 0.2) is 69.6 Å². The van der Waals surface area contributed by atoms with Gasteiger partial charge in [0, 0.05) is 0 Å². The first-order valence-corrected chi connectivity index (χ1v) is 9.60. The zero-order chi connectivity index (χ0) is 20.8. The van der Waals surface area contributed by atoms with Gasteiger partial charge in [0.15, 0.2) is 0 Å². The SMILES string of the molecule is Cc1cccc(-n2c(=O)c3sccc3n(Cc3cccc(C(F)(F)F)c3)c2=O)c1. The maximum absolute atomic E-state index is 13.2. The number of hydrogen-bond donors (Lipinski definition) is 0. The zero-order valence-electron chi connectivity index (χ0n) is 15.2. The number of hydrogen-bond acceptors (Lipinski definition) is 3. The quantitative estimate of drug-likeness (QED) is 0.490. The first kappa shape index (κ1) is 19.2. The largest absolute Gasteiger partial charge is 0.416 e. The van der Waals surface area contributed by atoms with Crippen molar-refractivity contribution >= 4 is 21.6 Å². The summed E-state index contributed by atoms with van der Waals surface area (Å²) in [5.41, 5.74) is 0.221. The van der Waals surface area contributed by atoms with Gasteiger partial charge < -0.3 is 0 Å². The molecule has 0 aliphatic heterocycles. The van der Waals surface area contributed by atoms with Crippen molar-refractivity contribution in [1.29, 1.82) is 0 Å². The molecule has 0 spiro atoms. The lowest BCUT2D eigenvalue weighted by Crippen LogP contribution is -2.38. The molecule has 0 aliphatic rings. The maximum Gasteiger partial charge on any atom is 0.416 e. The lowest BCUT2D eigenvalue weighted by molar-refractivity contribution is -0.137. The van der Waals surface area contributed by atoms with Crippen molar-refractivity contribution in [2.24, 2.45) is 0 Å². The Morgan fingerprint density at radius 3 is 2.48 bits per heavy atom. The van der Waals surface area contributed by atoms with Crippen LogP contribution in [0.3, 0.4) is 0 Å². The molecule has 2 aromatic heterocycles. The summed E-state index contributed by atoms with van der Waals surface area (Å²) < 4.78 is 41.9. The molecule has 0 saturated carbocycles. The molecular weight excluding hydrogens is 401 g/mol. The van der Waals surface area contributed by atoms with Crippen LogP contribution in [-0.4, -0.2) is 9.13 Å². The lowest BCUT2D eigenvalue weighted by Gasteiger charge is -2.14. The number of halogens is 3. The average Bonchev–Trinajstić information content (AvgIpc) is 3.15. The van der Waals surface area contributed by atoms with Crippen molar-refractivity contribution in [3.63, 3.8) is 0 Å². The topological polar surface area (TPSA) is 44.0 Å². The molecule has 4 aromatic rings. The third-order valence-corrected chi connectivity index (χ3v) is 5.50. The van der Waals surface area contributed by atoms with Gasteiger partial charge in [0.1, 0.15) is 4.70 Å². The number of thiophene rings is 1. The summed E-state index contributed by atoms with van der Waals surface area (Å²) >= 11 is 1.19. The Hall–Kier alpha value is -3.13. The molecule has 0 saturated heterocycles. The first-order chi connectivity index (χ1) is 13.8. The van der Waals surface area contributed by atoms with Crippen molar-refractivity contribution in [2.75, 3.05) is 0 Å². The fourth-order valence-electron chi connectivity index (χ4n) is 3.26. The van der Waals surface area contributed by atoms with Gasteiger partial charge in [0.2, 0.25) is 0 Å². The van der Waals surface area contributed by atoms with Crippen LogP contribution >= 0.6 is 11.3 Å². The molecule has 0 aliphatic carbocycles. The van der Waals surface area contributed by atoms with Crippen LogP contribution in [0, 0.1) is 6.92 Å². The smallest absolute Gasteiger partial charge is 0.288 e. The second-order valence-electron chi connectivity index (χ2n) is 6.68. The number of aromatic nitrogens is 2. The lowest BCUT2D eigenvalue weighted by atomic mass is 10.1. The average molecular weight is 416 g/mol. The van der Waals surface area contributed by atoms with Crippen LogP contribution in [0.4, 0.5) is 13.2 Å². The molecule has 0 atom stereocenters. The minimum absolute atomic E-state index is 0.0813. The summed E-state index contributed by atoms with van der Waals surface area (Å²) in [6, 6.07) is 13.4. The van der Waals surface area contributed by atoms with E-state index < -0.39 is 23.0 Å². The summed E-state index contributed by atoms with van der Waals surface area (Å²) in [5, 5.41) is 1.69. The van der Waals surface area contributed by atoms with E-state index in [1.165, 1.54) is 28.0 Å². The van der Waals surface area contributed by atoms with Crippen molar-refractivity contribution < 1.29 is 13.2 Å². The maximum atomic E-state index is 13.2. The highest BCUT2D eigenvalue weighted by Crippen LogP contribution is 2.29. The fraction of sp³-hybridized carbons (Fsp3) is 0.143. The molecule has 8 heteroatoms. The molecule has 0 fully saturated rings. The second-order valence-corrected chi connectivity index (χ2v) is 7.60. The van der Waals surface area contributed by atoms with Gasteiger partial charge in [-0.2, -0.15) is 13.2 Å². The Labute approximate surface area is 167 Å². The summed E-state index contributed by atoms with van der Waals surface area (Å²) in [4.78, 5) is 26.1. The second kappa shape index (κ2) is 7.04. The predicted octanol–water partition coefficient (Wildman–Crippen LogP) is 4.59. The molecule has 2 heterocycles. The Kier molecular flexibility index (Phi) is 4.66. The monoisotopic (exact) mass is 416 g/mol. The Balaban J connectivity index is 1.93. The molecule has 148 valence electrons. The van der Waals surface area contributed by atoms with Crippen molar-refractivity contribution in [1.82, 2.24) is 9.13 Å². The Morgan fingerprint density at radius 2 is 1.76 bits per heavy atom. The highest BCUT2D eigenvalue weighted by Gasteiger charge is 2.30. The van der Waals surface area contributed by atoms with Gasteiger partial charge in [-0.05, 0) is 53.8 Å². The van der Waals surface area contributed by atoms with Crippen molar-refractivity contribution in [3.8, 4) is 5.69 Å². The molecule has 0 unspecified atom stereocenters. The van der Waals surface area contributed by atoms with E-state index in [1.807, 2.05) is 13.0 Å². The summed E-state index contributed by atoms with van der Waals surface area (Å²) in [6.07, 6.45) is -4.47. The van der Waals surface area contributed by atoms with E-state index in [9.17, 15) is 22.8 Å². The highest BCUT2D eigenvalue weighted by atomic mass is 32.1. The van der Waals surface area contributed by atoms with Gasteiger partial charge in [-0.25, -0.2) is 9.36 Å². The van der Waals surface area contributed by atoms with E-state index in [4.69, 9.17) is 0 Å². The molecule has 0 radical (unpaired) electrons. The fourth-order valence-corrected chi connectivity index (χ4v) is 4.09. The zero-order valence-corrected chi connectivity index (χ0v) is 16.1. The summed E-state index contributed by atoms with van der Waals surface area (Å²) in [5.74, 6) is 0. The van der Waals surface area contributed by atoms with Crippen molar-refractivity contribution in [3.05, 3.63) is 97.5 Å². The van der Waals surface area contributed by atoms with Gasteiger partial charge in [0.25, 0.3) is 5.56 Å². The normalized spacial score (nSPS) is 11.9. The third-order valence-electron chi connectivity index (χ3n) is 4.61. The number of nitrogens with zero attached hydrogens (tertiary/aromatic N) is 2. The first-order valence-electron chi connectivity index (χ1n) is 8.72. The van der Waals surface area contributed by atoms with Crippen molar-refractivity contribution in [2.45, 2.75) is 19.6 Å². The molecule has 0 bridgehead atoms. The summed E-state index contributed by atoms with van der Waals surface area (Å²) in [7, 11) is 0. The minimum atomic E-state index is -4.47. The number of rotatable bonds is 3. The standard InChI is InChI=1S/C21H15F3N2O2S/c1-13-4-2-7-16(10-13)26-19(27)18-17(8-9-29-18)25(20(26)28)12-14-5-3-6-15(11-14)21(22,23)24/h2-11H,12H2,1H3. The van der Waals surface area contributed by atoms with E-state index in [0.717, 1.165) is 22.3 Å². The molecule has 2 aromatic carbocycles. The highest BCUT2D eigenvalue weighted by molar-refractivity contribution is 7.17. The van der Waals surface area contributed by atoms with Crippen LogP contribution in [0.25, 0.3) is 15.9 Å². The van der Waals surface area contributed by atoms with Gasteiger partial charge in [-0.1, -0.05) is 24.3 Å². The molecule has 0 N–H and O–H groups in total. The van der Waals surface area contributed by atoms with Crippen LogP contribution < -0.4 is 11.2 Å². The molecule has 29 heavy (non-hydrogen) atoms. The number of aryl methyl sites for hydroxylation is 1. The van der Waals surface area contributed by atoms with Crippen LogP contribution in [0.5, 0.6) is 0 Å². The van der Waals surface area contributed by atoms with Crippen LogP contribution in [-0.2, 0) is 12.7 Å².